The lowest BCUT2D eigenvalue weighted by atomic mass is 10.1. The number of likely N-dealkylation sites (tertiary alicyclic amines) is 1. The first-order valence-corrected chi connectivity index (χ1v) is 6.66. The van der Waals surface area contributed by atoms with Gasteiger partial charge in [-0.3, -0.25) is 19.8 Å². The van der Waals surface area contributed by atoms with Crippen LogP contribution in [0.25, 0.3) is 0 Å². The summed E-state index contributed by atoms with van der Waals surface area (Å²) in [5, 5.41) is 11.4. The first-order chi connectivity index (χ1) is 9.54. The summed E-state index contributed by atoms with van der Waals surface area (Å²) in [5.41, 5.74) is 0.419. The molecule has 1 unspecified atom stereocenters. The Hall–Kier alpha value is -1.66. The van der Waals surface area contributed by atoms with Crippen molar-refractivity contribution in [3.8, 4) is 0 Å². The molecule has 0 spiro atoms. The topological polar surface area (TPSA) is 72.7 Å². The third-order valence-corrected chi connectivity index (χ3v) is 3.84. The molecule has 1 saturated heterocycles. The van der Waals surface area contributed by atoms with E-state index < -0.39 is 4.92 Å². The second-order valence-electron chi connectivity index (χ2n) is 4.65. The number of nitro groups is 1. The molecule has 1 aliphatic heterocycles. The molecule has 1 aromatic carbocycles. The van der Waals surface area contributed by atoms with E-state index in [0.717, 1.165) is 6.42 Å². The average molecular weight is 299 g/mol. The first-order valence-electron chi connectivity index (χ1n) is 6.28. The van der Waals surface area contributed by atoms with Crippen molar-refractivity contribution < 1.29 is 14.5 Å². The molecule has 0 aliphatic carbocycles. The van der Waals surface area contributed by atoms with E-state index in [0.29, 0.717) is 23.6 Å². The largest absolute Gasteiger partial charge is 0.468 e. The normalized spacial score (nSPS) is 19.0. The van der Waals surface area contributed by atoms with Crippen molar-refractivity contribution in [1.82, 2.24) is 4.90 Å². The van der Waals surface area contributed by atoms with Gasteiger partial charge >= 0.3 is 5.97 Å². The highest BCUT2D eigenvalue weighted by Crippen LogP contribution is 2.30. The lowest BCUT2D eigenvalue weighted by molar-refractivity contribution is -0.385. The number of nitro benzene ring substituents is 1. The summed E-state index contributed by atoms with van der Waals surface area (Å²) in [5.74, 6) is -0.308. The summed E-state index contributed by atoms with van der Waals surface area (Å²) in [6.07, 6.45) is 1.56. The van der Waals surface area contributed by atoms with E-state index in [2.05, 4.69) is 0 Å². The molecule has 0 saturated carbocycles. The van der Waals surface area contributed by atoms with E-state index in [4.69, 9.17) is 16.3 Å². The smallest absolute Gasteiger partial charge is 0.323 e. The summed E-state index contributed by atoms with van der Waals surface area (Å²) < 4.78 is 4.76. The van der Waals surface area contributed by atoms with Crippen molar-refractivity contribution in [1.29, 1.82) is 0 Å². The van der Waals surface area contributed by atoms with Crippen LogP contribution in [0.4, 0.5) is 5.69 Å². The minimum Gasteiger partial charge on any atom is -0.468 e. The van der Waals surface area contributed by atoms with Crippen molar-refractivity contribution >= 4 is 23.3 Å². The average Bonchev–Trinajstić information content (AvgIpc) is 2.88. The van der Waals surface area contributed by atoms with Crippen LogP contribution in [0.2, 0.25) is 5.02 Å². The maximum atomic E-state index is 11.7. The maximum absolute atomic E-state index is 11.7. The number of hydrogen-bond acceptors (Lipinski definition) is 5. The molecular weight excluding hydrogens is 284 g/mol. The van der Waals surface area contributed by atoms with E-state index in [9.17, 15) is 14.9 Å². The van der Waals surface area contributed by atoms with Gasteiger partial charge in [0.15, 0.2) is 0 Å². The highest BCUT2D eigenvalue weighted by molar-refractivity contribution is 6.31. The molecule has 0 radical (unpaired) electrons. The Bertz CT molecular complexity index is 535. The first kappa shape index (κ1) is 14.7. The summed E-state index contributed by atoms with van der Waals surface area (Å²) in [6.45, 7) is 0.970. The van der Waals surface area contributed by atoms with Crippen molar-refractivity contribution in [2.24, 2.45) is 0 Å². The Balaban J connectivity index is 2.25. The standard InChI is InChI=1S/C13H15ClN2O4/c1-20-13(17)12-6-3-7-15(12)8-9-10(14)4-2-5-11(9)16(18)19/h2,4-5,12H,3,6-8H2,1H3. The van der Waals surface area contributed by atoms with Gasteiger partial charge in [0.1, 0.15) is 6.04 Å². The monoisotopic (exact) mass is 298 g/mol. The molecule has 7 heteroatoms. The minimum absolute atomic E-state index is 0.0204. The highest BCUT2D eigenvalue weighted by atomic mass is 35.5. The number of benzene rings is 1. The number of rotatable bonds is 4. The Labute approximate surface area is 121 Å². The molecule has 1 aliphatic rings. The van der Waals surface area contributed by atoms with Crippen molar-refractivity contribution in [2.75, 3.05) is 13.7 Å². The number of ether oxygens (including phenoxy) is 1. The summed E-state index contributed by atoms with van der Waals surface area (Å²) in [6, 6.07) is 4.24. The quantitative estimate of drug-likeness (QED) is 0.485. The number of esters is 1. The fraction of sp³-hybridized carbons (Fsp3) is 0.462. The van der Waals surface area contributed by atoms with Gasteiger partial charge in [0.25, 0.3) is 5.69 Å². The molecule has 1 fully saturated rings. The number of halogens is 1. The van der Waals surface area contributed by atoms with Crippen molar-refractivity contribution in [3.63, 3.8) is 0 Å². The fourth-order valence-corrected chi connectivity index (χ4v) is 2.73. The third-order valence-electron chi connectivity index (χ3n) is 3.49. The number of carbonyl (C=O) groups excluding carboxylic acids is 1. The van der Waals surface area contributed by atoms with Crippen LogP contribution in [0.1, 0.15) is 18.4 Å². The van der Waals surface area contributed by atoms with E-state index in [1.54, 1.807) is 12.1 Å². The van der Waals surface area contributed by atoms with Crippen LogP contribution in [0, 0.1) is 10.1 Å². The summed E-state index contributed by atoms with van der Waals surface area (Å²) >= 11 is 6.07. The second kappa shape index (κ2) is 6.19. The number of nitrogens with zero attached hydrogens (tertiary/aromatic N) is 2. The van der Waals surface area contributed by atoms with Gasteiger partial charge in [0.2, 0.25) is 0 Å². The van der Waals surface area contributed by atoms with E-state index in [1.807, 2.05) is 4.90 Å². The molecule has 0 aromatic heterocycles. The zero-order chi connectivity index (χ0) is 14.7. The Morgan fingerprint density at radius 3 is 3.00 bits per heavy atom. The van der Waals surface area contributed by atoms with Gasteiger partial charge in [-0.05, 0) is 25.5 Å². The Morgan fingerprint density at radius 2 is 2.35 bits per heavy atom. The van der Waals surface area contributed by atoms with E-state index >= 15 is 0 Å². The van der Waals surface area contributed by atoms with Crippen LogP contribution in [0.5, 0.6) is 0 Å². The predicted octanol–water partition coefficient (Wildman–Crippen LogP) is 2.39. The van der Waals surface area contributed by atoms with Gasteiger partial charge in [-0.1, -0.05) is 17.7 Å². The van der Waals surface area contributed by atoms with Crippen LogP contribution in [-0.4, -0.2) is 35.5 Å². The Kier molecular flexibility index (Phi) is 4.57. The molecule has 108 valence electrons. The van der Waals surface area contributed by atoms with E-state index in [-0.39, 0.29) is 24.2 Å². The summed E-state index contributed by atoms with van der Waals surface area (Å²) in [7, 11) is 1.34. The van der Waals surface area contributed by atoms with E-state index in [1.165, 1.54) is 13.2 Å². The van der Waals surface area contributed by atoms with Gasteiger partial charge in [-0.25, -0.2) is 0 Å². The van der Waals surface area contributed by atoms with Crippen LogP contribution in [0.15, 0.2) is 18.2 Å². The Morgan fingerprint density at radius 1 is 1.60 bits per heavy atom. The molecule has 20 heavy (non-hydrogen) atoms. The second-order valence-corrected chi connectivity index (χ2v) is 5.05. The number of hydrogen-bond donors (Lipinski definition) is 0. The lowest BCUT2D eigenvalue weighted by Crippen LogP contribution is -2.36. The zero-order valence-corrected chi connectivity index (χ0v) is 11.8. The molecule has 1 atom stereocenters. The highest BCUT2D eigenvalue weighted by Gasteiger charge is 2.33. The molecular formula is C13H15ClN2O4. The zero-order valence-electron chi connectivity index (χ0n) is 11.0. The molecule has 6 nitrogen and oxygen atoms in total. The molecule has 2 rings (SSSR count). The molecule has 1 heterocycles. The number of methoxy groups -OCH3 is 1. The minimum atomic E-state index is -0.454. The van der Waals surface area contributed by atoms with Gasteiger partial charge in [0, 0.05) is 12.6 Å². The van der Waals surface area contributed by atoms with Crippen LogP contribution < -0.4 is 0 Å². The van der Waals surface area contributed by atoms with Gasteiger partial charge in [0.05, 0.1) is 22.6 Å². The predicted molar refractivity (Wildman–Crippen MR) is 73.6 cm³/mol. The van der Waals surface area contributed by atoms with Crippen molar-refractivity contribution in [3.05, 3.63) is 38.9 Å². The summed E-state index contributed by atoms with van der Waals surface area (Å²) in [4.78, 5) is 24.2. The van der Waals surface area contributed by atoms with Gasteiger partial charge in [-0.15, -0.1) is 0 Å². The molecule has 0 bridgehead atoms. The van der Waals surface area contributed by atoms with Crippen LogP contribution in [-0.2, 0) is 16.1 Å². The van der Waals surface area contributed by atoms with Crippen LogP contribution >= 0.6 is 11.6 Å². The van der Waals surface area contributed by atoms with Crippen LogP contribution in [0.3, 0.4) is 0 Å². The fourth-order valence-electron chi connectivity index (χ4n) is 2.50. The van der Waals surface area contributed by atoms with Crippen molar-refractivity contribution in [2.45, 2.75) is 25.4 Å². The van der Waals surface area contributed by atoms with Gasteiger partial charge < -0.3 is 4.74 Å². The van der Waals surface area contributed by atoms with Gasteiger partial charge in [-0.2, -0.15) is 0 Å². The maximum Gasteiger partial charge on any atom is 0.323 e. The molecule has 0 N–H and O–H groups in total. The number of carbonyl (C=O) groups is 1. The SMILES string of the molecule is COC(=O)C1CCCN1Cc1c(Cl)cccc1[N+](=O)[O-]. The molecule has 0 amide bonds. The molecule has 1 aromatic rings. The third kappa shape index (κ3) is 2.91. The lowest BCUT2D eigenvalue weighted by Gasteiger charge is -2.22.